The van der Waals surface area contributed by atoms with Gasteiger partial charge in [0, 0.05) is 11.3 Å². The van der Waals surface area contributed by atoms with Gasteiger partial charge in [0.15, 0.2) is 16.5 Å². The molecule has 0 fully saturated rings. The summed E-state index contributed by atoms with van der Waals surface area (Å²) in [4.78, 5) is 24.7. The first-order valence-electron chi connectivity index (χ1n) is 8.56. The molecule has 0 aliphatic heterocycles. The lowest BCUT2D eigenvalue weighted by molar-refractivity contribution is -0.137. The predicted octanol–water partition coefficient (Wildman–Crippen LogP) is 4.45. The number of ketones is 1. The molecule has 2 amide bonds. The molecule has 0 aliphatic carbocycles. The van der Waals surface area contributed by atoms with Crippen LogP contribution in [-0.4, -0.2) is 36.2 Å². The zero-order valence-corrected chi connectivity index (χ0v) is 16.9. The fourth-order valence-corrected chi connectivity index (χ4v) is 3.20. The number of amides is 2. The minimum atomic E-state index is -4.53. The first-order chi connectivity index (χ1) is 14.7. The molecule has 0 unspecified atom stereocenters. The number of halogens is 3. The summed E-state index contributed by atoms with van der Waals surface area (Å²) in [6.45, 7) is 0. The maximum absolute atomic E-state index is 12.8. The zero-order chi connectivity index (χ0) is 22.6. The number of alkyl halides is 3. The van der Waals surface area contributed by atoms with Crippen LogP contribution in [0.15, 0.2) is 42.5 Å². The minimum Gasteiger partial charge on any atom is -0.493 e. The summed E-state index contributed by atoms with van der Waals surface area (Å²) in [6.07, 6.45) is -4.53. The highest BCUT2D eigenvalue weighted by Gasteiger charge is 2.30. The van der Waals surface area contributed by atoms with Crippen molar-refractivity contribution in [1.29, 1.82) is 0 Å². The van der Waals surface area contributed by atoms with Crippen molar-refractivity contribution in [2.75, 3.05) is 24.9 Å². The second-order valence-electron chi connectivity index (χ2n) is 5.97. The standard InChI is InChI=1S/C19H15F3N4O4S/c1-29-13-7-6-10(8-14(13)30-2)15(27)16-25-26-18(31-16)24-17(28)23-12-5-3-4-11(9-12)19(20,21)22/h3-9H,1-2H3,(H2,23,24,26,28). The number of urea groups is 1. The number of carbonyl (C=O) groups is 2. The van der Waals surface area contributed by atoms with Crippen molar-refractivity contribution in [3.8, 4) is 11.5 Å². The van der Waals surface area contributed by atoms with Crippen LogP contribution in [-0.2, 0) is 6.18 Å². The Morgan fingerprint density at radius 2 is 1.71 bits per heavy atom. The molecule has 0 aliphatic rings. The van der Waals surface area contributed by atoms with Gasteiger partial charge in [-0.05, 0) is 36.4 Å². The number of carbonyl (C=O) groups excluding carboxylic acids is 2. The summed E-state index contributed by atoms with van der Waals surface area (Å²) in [5.74, 6) is 0.353. The molecule has 0 bridgehead atoms. The molecule has 0 saturated heterocycles. The maximum Gasteiger partial charge on any atom is 0.416 e. The third-order valence-corrected chi connectivity index (χ3v) is 4.77. The Labute approximate surface area is 178 Å². The smallest absolute Gasteiger partial charge is 0.416 e. The van der Waals surface area contributed by atoms with Gasteiger partial charge in [0.05, 0.1) is 19.8 Å². The Bertz CT molecular complexity index is 1120. The van der Waals surface area contributed by atoms with Gasteiger partial charge in [-0.15, -0.1) is 10.2 Å². The van der Waals surface area contributed by atoms with E-state index < -0.39 is 23.6 Å². The Kier molecular flexibility index (Phi) is 6.39. The van der Waals surface area contributed by atoms with Crippen molar-refractivity contribution >= 4 is 34.0 Å². The van der Waals surface area contributed by atoms with Crippen molar-refractivity contribution in [2.24, 2.45) is 0 Å². The van der Waals surface area contributed by atoms with E-state index in [0.29, 0.717) is 11.5 Å². The Balaban J connectivity index is 1.68. The number of methoxy groups -OCH3 is 2. The molecule has 0 radical (unpaired) electrons. The minimum absolute atomic E-state index is 0.00147. The van der Waals surface area contributed by atoms with E-state index in [9.17, 15) is 22.8 Å². The molecule has 2 aromatic carbocycles. The van der Waals surface area contributed by atoms with Crippen molar-refractivity contribution < 1.29 is 32.2 Å². The third kappa shape index (κ3) is 5.28. The highest BCUT2D eigenvalue weighted by atomic mass is 32.1. The van der Waals surface area contributed by atoms with Crippen molar-refractivity contribution in [1.82, 2.24) is 10.2 Å². The van der Waals surface area contributed by atoms with Gasteiger partial charge in [-0.25, -0.2) is 4.79 Å². The molecule has 31 heavy (non-hydrogen) atoms. The summed E-state index contributed by atoms with van der Waals surface area (Å²) in [5.41, 5.74) is -0.684. The molecule has 0 spiro atoms. The van der Waals surface area contributed by atoms with Gasteiger partial charge in [-0.1, -0.05) is 17.4 Å². The van der Waals surface area contributed by atoms with Crippen LogP contribution in [0.25, 0.3) is 0 Å². The Morgan fingerprint density at radius 1 is 0.968 bits per heavy atom. The molecule has 2 N–H and O–H groups in total. The van der Waals surface area contributed by atoms with Crippen LogP contribution < -0.4 is 20.1 Å². The molecule has 1 aromatic heterocycles. The van der Waals surface area contributed by atoms with E-state index in [2.05, 4.69) is 20.8 Å². The summed E-state index contributed by atoms with van der Waals surface area (Å²) in [6, 6.07) is 7.90. The molecule has 3 rings (SSSR count). The van der Waals surface area contributed by atoms with E-state index in [1.807, 2.05) is 0 Å². The predicted molar refractivity (Wildman–Crippen MR) is 107 cm³/mol. The molecule has 0 atom stereocenters. The molecule has 12 heteroatoms. The number of benzene rings is 2. The average Bonchev–Trinajstić information content (AvgIpc) is 3.20. The molecule has 1 heterocycles. The van der Waals surface area contributed by atoms with E-state index in [1.54, 1.807) is 6.07 Å². The van der Waals surface area contributed by atoms with Crippen LogP contribution in [0.5, 0.6) is 11.5 Å². The van der Waals surface area contributed by atoms with Gasteiger partial charge in [-0.2, -0.15) is 13.2 Å². The Hall–Kier alpha value is -3.67. The van der Waals surface area contributed by atoms with Crippen LogP contribution in [0.4, 0.5) is 28.8 Å². The lowest BCUT2D eigenvalue weighted by atomic mass is 10.1. The van der Waals surface area contributed by atoms with E-state index in [1.165, 1.54) is 38.5 Å². The summed E-state index contributed by atoms with van der Waals surface area (Å²) in [5, 5.41) is 12.1. The van der Waals surface area contributed by atoms with Crippen LogP contribution in [0, 0.1) is 0 Å². The highest BCUT2D eigenvalue weighted by molar-refractivity contribution is 7.17. The van der Waals surface area contributed by atoms with Gasteiger partial charge < -0.3 is 14.8 Å². The fraction of sp³-hybridized carbons (Fsp3) is 0.158. The van der Waals surface area contributed by atoms with Crippen molar-refractivity contribution in [3.63, 3.8) is 0 Å². The summed E-state index contributed by atoms with van der Waals surface area (Å²) in [7, 11) is 2.90. The highest BCUT2D eigenvalue weighted by Crippen LogP contribution is 2.31. The Morgan fingerprint density at radius 3 is 2.39 bits per heavy atom. The van der Waals surface area contributed by atoms with Gasteiger partial charge in [0.25, 0.3) is 0 Å². The average molecular weight is 452 g/mol. The number of ether oxygens (including phenoxy) is 2. The number of nitrogens with one attached hydrogen (secondary N) is 2. The monoisotopic (exact) mass is 452 g/mol. The van der Waals surface area contributed by atoms with Gasteiger partial charge in [-0.3, -0.25) is 10.1 Å². The molecule has 8 nitrogen and oxygen atoms in total. The van der Waals surface area contributed by atoms with Crippen LogP contribution in [0.1, 0.15) is 20.9 Å². The van der Waals surface area contributed by atoms with Crippen LogP contribution in [0.2, 0.25) is 0 Å². The first-order valence-corrected chi connectivity index (χ1v) is 9.38. The van der Waals surface area contributed by atoms with Crippen molar-refractivity contribution in [2.45, 2.75) is 6.18 Å². The lowest BCUT2D eigenvalue weighted by Gasteiger charge is -2.09. The molecule has 3 aromatic rings. The third-order valence-electron chi connectivity index (χ3n) is 3.93. The normalized spacial score (nSPS) is 11.0. The van der Waals surface area contributed by atoms with E-state index in [4.69, 9.17) is 9.47 Å². The summed E-state index contributed by atoms with van der Waals surface area (Å²) < 4.78 is 48.6. The van der Waals surface area contributed by atoms with Crippen LogP contribution in [0.3, 0.4) is 0 Å². The van der Waals surface area contributed by atoms with Crippen molar-refractivity contribution in [3.05, 3.63) is 58.6 Å². The van der Waals surface area contributed by atoms with Gasteiger partial charge in [0.1, 0.15) is 0 Å². The number of hydrogen-bond acceptors (Lipinski definition) is 7. The topological polar surface area (TPSA) is 102 Å². The largest absolute Gasteiger partial charge is 0.493 e. The van der Waals surface area contributed by atoms with E-state index in [-0.39, 0.29) is 21.4 Å². The maximum atomic E-state index is 12.8. The zero-order valence-electron chi connectivity index (χ0n) is 16.1. The van der Waals surface area contributed by atoms with Gasteiger partial charge in [0.2, 0.25) is 10.9 Å². The van der Waals surface area contributed by atoms with Crippen LogP contribution >= 0.6 is 11.3 Å². The molecule has 0 saturated carbocycles. The number of hydrogen-bond donors (Lipinski definition) is 2. The second kappa shape index (κ2) is 9.00. The first kappa shape index (κ1) is 22.0. The number of rotatable bonds is 6. The van der Waals surface area contributed by atoms with E-state index in [0.717, 1.165) is 23.5 Å². The second-order valence-corrected chi connectivity index (χ2v) is 6.95. The van der Waals surface area contributed by atoms with Gasteiger partial charge >= 0.3 is 12.2 Å². The van der Waals surface area contributed by atoms with E-state index >= 15 is 0 Å². The SMILES string of the molecule is COc1ccc(C(=O)c2nnc(NC(=O)Nc3cccc(C(F)(F)F)c3)s2)cc1OC. The molecular weight excluding hydrogens is 437 g/mol. The number of nitrogens with zero attached hydrogens (tertiary/aromatic N) is 2. The quantitative estimate of drug-likeness (QED) is 0.536. The molecule has 162 valence electrons. The fourth-order valence-electron chi connectivity index (χ4n) is 2.50. The molecular formula is C19H15F3N4O4S. The lowest BCUT2D eigenvalue weighted by Crippen LogP contribution is -2.19. The summed E-state index contributed by atoms with van der Waals surface area (Å²) >= 11 is 0.810. The number of anilines is 2. The number of aromatic nitrogens is 2.